The average molecular weight is 283 g/mol. The summed E-state index contributed by atoms with van der Waals surface area (Å²) in [6.07, 6.45) is 0. The summed E-state index contributed by atoms with van der Waals surface area (Å²) in [5, 5.41) is 0.597. The summed E-state index contributed by atoms with van der Waals surface area (Å²) in [5.74, 6) is 1.66. The number of halogens is 1. The van der Waals surface area contributed by atoms with Crippen LogP contribution in [0.2, 0.25) is 0 Å². The Kier molecular flexibility index (Phi) is 3.37. The van der Waals surface area contributed by atoms with Crippen molar-refractivity contribution in [1.82, 2.24) is 0 Å². The SMILES string of the molecule is C=C1C(Cl)=C(c2ccccc2)Oc2ccccc2C1C. The lowest BCUT2D eigenvalue weighted by Gasteiger charge is -2.12. The van der Waals surface area contributed by atoms with E-state index in [0.717, 1.165) is 22.4 Å². The normalized spacial score (nSPS) is 18.3. The van der Waals surface area contributed by atoms with E-state index in [2.05, 4.69) is 19.6 Å². The monoisotopic (exact) mass is 282 g/mol. The molecule has 2 heteroatoms. The van der Waals surface area contributed by atoms with E-state index in [9.17, 15) is 0 Å². The lowest BCUT2D eigenvalue weighted by atomic mass is 9.93. The maximum absolute atomic E-state index is 6.51. The number of benzene rings is 2. The highest BCUT2D eigenvalue weighted by Gasteiger charge is 2.25. The fourth-order valence-electron chi connectivity index (χ4n) is 2.38. The molecule has 1 heterocycles. The third-order valence-corrected chi connectivity index (χ3v) is 4.05. The first-order chi connectivity index (χ1) is 9.68. The Morgan fingerprint density at radius 1 is 1.00 bits per heavy atom. The van der Waals surface area contributed by atoms with E-state index in [1.807, 2.05) is 48.5 Å². The highest BCUT2D eigenvalue weighted by atomic mass is 35.5. The highest BCUT2D eigenvalue weighted by Crippen LogP contribution is 2.42. The number of allylic oxidation sites excluding steroid dienone is 2. The van der Waals surface area contributed by atoms with Gasteiger partial charge < -0.3 is 4.74 Å². The van der Waals surface area contributed by atoms with E-state index >= 15 is 0 Å². The maximum atomic E-state index is 6.51. The van der Waals surface area contributed by atoms with Gasteiger partial charge in [0.15, 0.2) is 5.76 Å². The summed E-state index contributed by atoms with van der Waals surface area (Å²) in [5.41, 5.74) is 2.96. The second-order valence-electron chi connectivity index (χ2n) is 4.90. The quantitative estimate of drug-likeness (QED) is 0.685. The van der Waals surface area contributed by atoms with Crippen LogP contribution in [0.5, 0.6) is 5.75 Å². The van der Waals surface area contributed by atoms with Crippen molar-refractivity contribution in [3.8, 4) is 5.75 Å². The van der Waals surface area contributed by atoms with Crippen LogP contribution in [0.4, 0.5) is 0 Å². The summed E-state index contributed by atoms with van der Waals surface area (Å²) in [4.78, 5) is 0. The molecule has 1 unspecified atom stereocenters. The van der Waals surface area contributed by atoms with Gasteiger partial charge in [0.1, 0.15) is 5.75 Å². The minimum absolute atomic E-state index is 0.139. The molecule has 0 fully saturated rings. The minimum atomic E-state index is 0.139. The molecule has 2 aromatic rings. The first-order valence-corrected chi connectivity index (χ1v) is 6.97. The van der Waals surface area contributed by atoms with Crippen LogP contribution in [-0.4, -0.2) is 0 Å². The molecule has 0 spiro atoms. The van der Waals surface area contributed by atoms with E-state index < -0.39 is 0 Å². The van der Waals surface area contributed by atoms with Crippen LogP contribution >= 0.6 is 11.6 Å². The molecular weight excluding hydrogens is 268 g/mol. The molecule has 0 aliphatic carbocycles. The van der Waals surface area contributed by atoms with Gasteiger partial charge in [0.2, 0.25) is 0 Å². The smallest absolute Gasteiger partial charge is 0.153 e. The molecule has 0 saturated heterocycles. The lowest BCUT2D eigenvalue weighted by Crippen LogP contribution is -1.96. The molecule has 0 aromatic heterocycles. The van der Waals surface area contributed by atoms with Gasteiger partial charge >= 0.3 is 0 Å². The minimum Gasteiger partial charge on any atom is -0.455 e. The number of hydrogen-bond donors (Lipinski definition) is 0. The van der Waals surface area contributed by atoms with Gasteiger partial charge in [-0.1, -0.05) is 73.6 Å². The maximum Gasteiger partial charge on any atom is 0.153 e. The lowest BCUT2D eigenvalue weighted by molar-refractivity contribution is 0.510. The van der Waals surface area contributed by atoms with Crippen molar-refractivity contribution in [3.05, 3.63) is 82.9 Å². The van der Waals surface area contributed by atoms with Crippen molar-refractivity contribution < 1.29 is 4.74 Å². The standard InChI is InChI=1S/C18H15ClO/c1-12-13(2)17(19)18(14-8-4-3-5-9-14)20-16-11-7-6-10-15(12)16/h3-12H,2H2,1H3. The van der Waals surface area contributed by atoms with Crippen LogP contribution < -0.4 is 4.74 Å². The van der Waals surface area contributed by atoms with E-state index in [-0.39, 0.29) is 5.92 Å². The second kappa shape index (κ2) is 5.18. The molecular formula is C18H15ClO. The molecule has 0 amide bonds. The molecule has 100 valence electrons. The summed E-state index contributed by atoms with van der Waals surface area (Å²) >= 11 is 6.51. The zero-order valence-electron chi connectivity index (χ0n) is 11.3. The van der Waals surface area contributed by atoms with Crippen LogP contribution in [0.1, 0.15) is 24.0 Å². The van der Waals surface area contributed by atoms with Gasteiger partial charge in [0, 0.05) is 17.0 Å². The van der Waals surface area contributed by atoms with Crippen molar-refractivity contribution in [1.29, 1.82) is 0 Å². The van der Waals surface area contributed by atoms with Crippen LogP contribution in [-0.2, 0) is 0 Å². The zero-order valence-corrected chi connectivity index (χ0v) is 12.0. The number of fused-ring (bicyclic) bond motifs is 1. The zero-order chi connectivity index (χ0) is 14.1. The number of para-hydroxylation sites is 1. The summed E-state index contributed by atoms with van der Waals surface area (Å²) in [6.45, 7) is 6.24. The molecule has 3 rings (SSSR count). The Bertz CT molecular complexity index is 686. The fraction of sp³-hybridized carbons (Fsp3) is 0.111. The molecule has 0 saturated carbocycles. The fourth-order valence-corrected chi connectivity index (χ4v) is 2.70. The van der Waals surface area contributed by atoms with Gasteiger partial charge in [-0.05, 0) is 11.6 Å². The molecule has 20 heavy (non-hydrogen) atoms. The van der Waals surface area contributed by atoms with Crippen LogP contribution in [0.15, 0.2) is 71.8 Å². The van der Waals surface area contributed by atoms with Crippen molar-refractivity contribution >= 4 is 17.4 Å². The number of ether oxygens (including phenoxy) is 1. The Hall–Kier alpha value is -1.99. The first kappa shape index (κ1) is 13.0. The highest BCUT2D eigenvalue weighted by molar-refractivity contribution is 6.35. The molecule has 0 N–H and O–H groups in total. The molecule has 1 aliphatic rings. The van der Waals surface area contributed by atoms with Crippen LogP contribution in [0.3, 0.4) is 0 Å². The van der Waals surface area contributed by atoms with Crippen molar-refractivity contribution in [2.24, 2.45) is 0 Å². The first-order valence-electron chi connectivity index (χ1n) is 6.59. The van der Waals surface area contributed by atoms with Crippen molar-refractivity contribution in [3.63, 3.8) is 0 Å². The van der Waals surface area contributed by atoms with Gasteiger partial charge in [-0.15, -0.1) is 0 Å². The Morgan fingerprint density at radius 3 is 2.40 bits per heavy atom. The van der Waals surface area contributed by atoms with Crippen molar-refractivity contribution in [2.75, 3.05) is 0 Å². The predicted octanol–water partition coefficient (Wildman–Crippen LogP) is 5.35. The third kappa shape index (κ3) is 2.14. The van der Waals surface area contributed by atoms with E-state index in [1.165, 1.54) is 0 Å². The second-order valence-corrected chi connectivity index (χ2v) is 5.27. The van der Waals surface area contributed by atoms with E-state index in [1.54, 1.807) is 0 Å². The van der Waals surface area contributed by atoms with Gasteiger partial charge in [-0.3, -0.25) is 0 Å². The Labute approximate surface area is 124 Å². The molecule has 1 atom stereocenters. The largest absolute Gasteiger partial charge is 0.455 e. The topological polar surface area (TPSA) is 9.23 Å². The summed E-state index contributed by atoms with van der Waals surface area (Å²) < 4.78 is 6.08. The van der Waals surface area contributed by atoms with Gasteiger partial charge in [-0.25, -0.2) is 0 Å². The molecule has 0 bridgehead atoms. The molecule has 0 radical (unpaired) electrons. The Balaban J connectivity index is 2.18. The van der Waals surface area contributed by atoms with E-state index in [0.29, 0.717) is 10.8 Å². The average Bonchev–Trinajstić information content (AvgIpc) is 2.60. The summed E-state index contributed by atoms with van der Waals surface area (Å²) in [6, 6.07) is 17.9. The van der Waals surface area contributed by atoms with Gasteiger partial charge in [0.25, 0.3) is 0 Å². The van der Waals surface area contributed by atoms with Crippen LogP contribution in [0, 0.1) is 0 Å². The van der Waals surface area contributed by atoms with Crippen LogP contribution in [0.25, 0.3) is 5.76 Å². The van der Waals surface area contributed by atoms with Gasteiger partial charge in [-0.2, -0.15) is 0 Å². The molecule has 1 aliphatic heterocycles. The molecule has 2 aromatic carbocycles. The predicted molar refractivity (Wildman–Crippen MR) is 83.8 cm³/mol. The number of hydrogen-bond acceptors (Lipinski definition) is 1. The Morgan fingerprint density at radius 2 is 1.65 bits per heavy atom. The van der Waals surface area contributed by atoms with Crippen molar-refractivity contribution in [2.45, 2.75) is 12.8 Å². The molecule has 1 nitrogen and oxygen atoms in total. The summed E-state index contributed by atoms with van der Waals surface area (Å²) in [7, 11) is 0. The van der Waals surface area contributed by atoms with E-state index in [4.69, 9.17) is 16.3 Å². The van der Waals surface area contributed by atoms with Gasteiger partial charge in [0.05, 0.1) is 5.03 Å². The third-order valence-electron chi connectivity index (χ3n) is 3.64. The number of rotatable bonds is 1.